The van der Waals surface area contributed by atoms with Crippen LogP contribution in [0.5, 0.6) is 0 Å². The van der Waals surface area contributed by atoms with E-state index in [2.05, 4.69) is 10.3 Å². The minimum atomic E-state index is -0.295. The first-order valence-corrected chi connectivity index (χ1v) is 10.3. The number of anilines is 1. The predicted molar refractivity (Wildman–Crippen MR) is 118 cm³/mol. The first-order valence-electron chi connectivity index (χ1n) is 9.37. The number of para-hydroxylation sites is 1. The molecule has 5 rings (SSSR count). The van der Waals surface area contributed by atoms with Gasteiger partial charge in [0.25, 0.3) is 5.91 Å². The van der Waals surface area contributed by atoms with Gasteiger partial charge < -0.3 is 5.32 Å². The molecule has 0 saturated heterocycles. The van der Waals surface area contributed by atoms with Crippen molar-refractivity contribution in [3.63, 3.8) is 0 Å². The lowest BCUT2D eigenvalue weighted by Crippen LogP contribution is -2.14. The highest BCUT2D eigenvalue weighted by Gasteiger charge is 2.17. The molecule has 0 aliphatic rings. The van der Waals surface area contributed by atoms with Gasteiger partial charge in [0.05, 0.1) is 5.69 Å². The molecule has 6 heteroatoms. The summed E-state index contributed by atoms with van der Waals surface area (Å²) in [7, 11) is 0. The maximum atomic E-state index is 13.2. The molecule has 0 atom stereocenters. The van der Waals surface area contributed by atoms with Gasteiger partial charge in [-0.2, -0.15) is 0 Å². The average Bonchev–Trinajstić information content (AvgIpc) is 3.36. The maximum absolute atomic E-state index is 13.2. The van der Waals surface area contributed by atoms with Gasteiger partial charge in [-0.15, -0.1) is 11.3 Å². The molecule has 0 fully saturated rings. The standard InChI is InChI=1S/C24H16FN3OS/c25-18-12-10-17(11-13-18)21-14-28-22(15-30-24(28)27-21)23(29)26-20-9-5-4-8-19(20)16-6-2-1-3-7-16/h1-15H,(H,26,29). The molecule has 0 spiro atoms. The van der Waals surface area contributed by atoms with E-state index >= 15 is 0 Å². The number of aromatic nitrogens is 2. The molecule has 30 heavy (non-hydrogen) atoms. The highest BCUT2D eigenvalue weighted by atomic mass is 32.1. The third-order valence-electron chi connectivity index (χ3n) is 4.84. The summed E-state index contributed by atoms with van der Waals surface area (Å²) in [6, 6.07) is 23.8. The lowest BCUT2D eigenvalue weighted by molar-refractivity contribution is 0.102. The number of hydrogen-bond donors (Lipinski definition) is 1. The van der Waals surface area contributed by atoms with E-state index in [9.17, 15) is 9.18 Å². The van der Waals surface area contributed by atoms with Crippen LogP contribution in [-0.4, -0.2) is 15.3 Å². The number of fused-ring (bicyclic) bond motifs is 1. The molecular weight excluding hydrogens is 397 g/mol. The maximum Gasteiger partial charge on any atom is 0.273 e. The van der Waals surface area contributed by atoms with Gasteiger partial charge in [0.1, 0.15) is 11.5 Å². The van der Waals surface area contributed by atoms with Crippen molar-refractivity contribution in [2.24, 2.45) is 0 Å². The number of carbonyl (C=O) groups is 1. The SMILES string of the molecule is O=C(Nc1ccccc1-c1ccccc1)c1csc2nc(-c3ccc(F)cc3)cn12. The molecule has 1 amide bonds. The van der Waals surface area contributed by atoms with Crippen molar-refractivity contribution in [2.75, 3.05) is 5.32 Å². The highest BCUT2D eigenvalue weighted by molar-refractivity contribution is 7.15. The molecule has 0 saturated carbocycles. The quantitative estimate of drug-likeness (QED) is 0.386. The van der Waals surface area contributed by atoms with Crippen molar-refractivity contribution in [2.45, 2.75) is 0 Å². The largest absolute Gasteiger partial charge is 0.320 e. The first-order chi connectivity index (χ1) is 14.7. The molecule has 1 N–H and O–H groups in total. The lowest BCUT2D eigenvalue weighted by Gasteiger charge is -2.11. The van der Waals surface area contributed by atoms with Gasteiger partial charge in [-0.3, -0.25) is 9.20 Å². The third kappa shape index (κ3) is 3.38. The molecule has 5 aromatic rings. The minimum absolute atomic E-state index is 0.215. The number of amides is 1. The van der Waals surface area contributed by atoms with Crippen molar-refractivity contribution >= 4 is 27.9 Å². The highest BCUT2D eigenvalue weighted by Crippen LogP contribution is 2.29. The second-order valence-corrected chi connectivity index (χ2v) is 7.61. The Morgan fingerprint density at radius 2 is 1.63 bits per heavy atom. The molecular formula is C24H16FN3OS. The number of carbonyl (C=O) groups excluding carboxylic acids is 1. The molecule has 146 valence electrons. The van der Waals surface area contributed by atoms with Gasteiger partial charge in [0, 0.05) is 28.4 Å². The second-order valence-electron chi connectivity index (χ2n) is 6.77. The van der Waals surface area contributed by atoms with E-state index in [-0.39, 0.29) is 11.7 Å². The monoisotopic (exact) mass is 413 g/mol. The fourth-order valence-electron chi connectivity index (χ4n) is 3.35. The normalized spacial score (nSPS) is 11.0. The number of benzene rings is 3. The zero-order valence-corrected chi connectivity index (χ0v) is 16.6. The smallest absolute Gasteiger partial charge is 0.273 e. The van der Waals surface area contributed by atoms with Gasteiger partial charge in [-0.25, -0.2) is 9.37 Å². The van der Waals surface area contributed by atoms with Crippen molar-refractivity contribution in [1.29, 1.82) is 0 Å². The molecule has 2 heterocycles. The Bertz CT molecular complexity index is 1340. The van der Waals surface area contributed by atoms with Gasteiger partial charge in [-0.05, 0) is 35.9 Å². The molecule has 3 aromatic carbocycles. The van der Waals surface area contributed by atoms with Crippen LogP contribution in [0.2, 0.25) is 0 Å². The van der Waals surface area contributed by atoms with Crippen LogP contribution in [0.3, 0.4) is 0 Å². The average molecular weight is 413 g/mol. The summed E-state index contributed by atoms with van der Waals surface area (Å²) in [5, 5.41) is 4.82. The van der Waals surface area contributed by atoms with E-state index in [4.69, 9.17) is 0 Å². The van der Waals surface area contributed by atoms with E-state index in [1.54, 1.807) is 28.1 Å². The van der Waals surface area contributed by atoms with Gasteiger partial charge >= 0.3 is 0 Å². The number of rotatable bonds is 4. The summed E-state index contributed by atoms with van der Waals surface area (Å²) in [6.45, 7) is 0. The zero-order valence-electron chi connectivity index (χ0n) is 15.7. The molecule has 0 bridgehead atoms. The van der Waals surface area contributed by atoms with Gasteiger partial charge in [-0.1, -0.05) is 48.5 Å². The van der Waals surface area contributed by atoms with Crippen LogP contribution in [0.15, 0.2) is 90.4 Å². The molecule has 4 nitrogen and oxygen atoms in total. The van der Waals surface area contributed by atoms with E-state index in [1.165, 1.54) is 23.5 Å². The first kappa shape index (κ1) is 18.3. The fraction of sp³-hybridized carbons (Fsp3) is 0. The van der Waals surface area contributed by atoms with Crippen LogP contribution < -0.4 is 5.32 Å². The molecule has 0 unspecified atom stereocenters. The zero-order chi connectivity index (χ0) is 20.5. The summed E-state index contributed by atoms with van der Waals surface area (Å²) >= 11 is 1.39. The summed E-state index contributed by atoms with van der Waals surface area (Å²) in [5.41, 5.74) is 4.72. The van der Waals surface area contributed by atoms with Crippen LogP contribution in [-0.2, 0) is 0 Å². The Morgan fingerprint density at radius 1 is 0.900 bits per heavy atom. The topological polar surface area (TPSA) is 46.4 Å². The number of imidazole rings is 1. The van der Waals surface area contributed by atoms with Crippen LogP contribution in [0.25, 0.3) is 27.3 Å². The van der Waals surface area contributed by atoms with E-state index in [1.807, 2.05) is 54.6 Å². The molecule has 0 radical (unpaired) electrons. The summed E-state index contributed by atoms with van der Waals surface area (Å²) < 4.78 is 15.0. The van der Waals surface area contributed by atoms with E-state index < -0.39 is 0 Å². The Hall–Kier alpha value is -3.77. The molecule has 0 aliphatic heterocycles. The molecule has 2 aromatic heterocycles. The Morgan fingerprint density at radius 3 is 2.43 bits per heavy atom. The van der Waals surface area contributed by atoms with Crippen molar-refractivity contribution in [1.82, 2.24) is 9.38 Å². The summed E-state index contributed by atoms with van der Waals surface area (Å²) in [5.74, 6) is -0.510. The van der Waals surface area contributed by atoms with E-state index in [0.29, 0.717) is 16.3 Å². The molecule has 0 aliphatic carbocycles. The Labute approximate surface area is 176 Å². The third-order valence-corrected chi connectivity index (χ3v) is 5.68. The fourth-order valence-corrected chi connectivity index (χ4v) is 4.21. The van der Waals surface area contributed by atoms with Gasteiger partial charge in [0.15, 0.2) is 4.96 Å². The summed E-state index contributed by atoms with van der Waals surface area (Å²) in [6.07, 6.45) is 1.80. The van der Waals surface area contributed by atoms with Gasteiger partial charge in [0.2, 0.25) is 0 Å². The van der Waals surface area contributed by atoms with Crippen molar-refractivity contribution < 1.29 is 9.18 Å². The number of nitrogens with one attached hydrogen (secondary N) is 1. The van der Waals surface area contributed by atoms with Crippen LogP contribution >= 0.6 is 11.3 Å². The van der Waals surface area contributed by atoms with Crippen LogP contribution in [0, 0.1) is 5.82 Å². The lowest BCUT2D eigenvalue weighted by atomic mass is 10.0. The van der Waals surface area contributed by atoms with Crippen LogP contribution in [0.4, 0.5) is 10.1 Å². The predicted octanol–water partition coefficient (Wildman–Crippen LogP) is 6.12. The van der Waals surface area contributed by atoms with Crippen molar-refractivity contribution in [3.05, 3.63) is 102 Å². The number of nitrogens with zero attached hydrogens (tertiary/aromatic N) is 2. The number of hydrogen-bond acceptors (Lipinski definition) is 3. The number of halogens is 1. The second kappa shape index (κ2) is 7.57. The number of thiazole rings is 1. The Kier molecular flexibility index (Phi) is 4.61. The summed E-state index contributed by atoms with van der Waals surface area (Å²) in [4.78, 5) is 18.3. The Balaban J connectivity index is 1.47. The van der Waals surface area contributed by atoms with Crippen LogP contribution in [0.1, 0.15) is 10.5 Å². The van der Waals surface area contributed by atoms with Crippen molar-refractivity contribution in [3.8, 4) is 22.4 Å². The minimum Gasteiger partial charge on any atom is -0.320 e. The van der Waals surface area contributed by atoms with E-state index in [0.717, 1.165) is 22.4 Å².